The van der Waals surface area contributed by atoms with E-state index in [-0.39, 0.29) is 12.2 Å². The number of anilines is 2. The SMILES string of the molecule is C1CC1.CC#CCOc1cnc2c(Nc3cnc(F)c(C4CS(=O)(=O)C(CF)C(N)=N4)c3)nccc2n1. The number of nitrogens with two attached hydrogens (primary N) is 1. The van der Waals surface area contributed by atoms with Crippen molar-refractivity contribution in [1.29, 1.82) is 0 Å². The van der Waals surface area contributed by atoms with Crippen LogP contribution in [0.1, 0.15) is 37.8 Å². The number of fused-ring (bicyclic) bond motifs is 1. The van der Waals surface area contributed by atoms with Crippen LogP contribution in [0.15, 0.2) is 35.7 Å². The van der Waals surface area contributed by atoms with Gasteiger partial charge in [0.2, 0.25) is 11.8 Å². The molecule has 0 aromatic carbocycles. The highest BCUT2D eigenvalue weighted by atomic mass is 32.2. The Balaban J connectivity index is 0.000000994. The molecule has 2 aliphatic rings. The number of aromatic nitrogens is 4. The molecule has 1 fully saturated rings. The van der Waals surface area contributed by atoms with Crippen LogP contribution in [0.2, 0.25) is 0 Å². The number of alkyl halides is 1. The fourth-order valence-electron chi connectivity index (χ4n) is 3.33. The van der Waals surface area contributed by atoms with E-state index in [1.165, 1.54) is 43.9 Å². The average Bonchev–Trinajstić information content (AvgIpc) is 3.74. The number of aliphatic imine (C=N–C) groups is 1. The lowest BCUT2D eigenvalue weighted by molar-refractivity contribution is 0.355. The molecule has 10 nitrogen and oxygen atoms in total. The number of amidine groups is 1. The fourth-order valence-corrected chi connectivity index (χ4v) is 4.88. The molecule has 37 heavy (non-hydrogen) atoms. The molecule has 1 saturated carbocycles. The van der Waals surface area contributed by atoms with Crippen LogP contribution in [-0.2, 0) is 9.84 Å². The molecule has 1 aliphatic carbocycles. The molecule has 0 saturated heterocycles. The van der Waals surface area contributed by atoms with E-state index in [1.54, 1.807) is 13.0 Å². The number of ether oxygens (including phenoxy) is 1. The summed E-state index contributed by atoms with van der Waals surface area (Å²) in [7, 11) is -3.95. The number of nitrogens with zero attached hydrogens (tertiary/aromatic N) is 5. The lowest BCUT2D eigenvalue weighted by Crippen LogP contribution is -2.44. The zero-order chi connectivity index (χ0) is 26.4. The van der Waals surface area contributed by atoms with E-state index >= 15 is 0 Å². The van der Waals surface area contributed by atoms with Crippen LogP contribution in [0, 0.1) is 17.8 Å². The molecule has 194 valence electrons. The summed E-state index contributed by atoms with van der Waals surface area (Å²) in [5, 5.41) is 1.46. The lowest BCUT2D eigenvalue weighted by atomic mass is 10.1. The monoisotopic (exact) mass is 529 g/mol. The van der Waals surface area contributed by atoms with Crippen molar-refractivity contribution < 1.29 is 21.9 Å². The van der Waals surface area contributed by atoms with Crippen molar-refractivity contribution in [2.24, 2.45) is 10.7 Å². The summed E-state index contributed by atoms with van der Waals surface area (Å²) in [6.07, 6.45) is 8.64. The fraction of sp³-hybridized carbons (Fsp3) is 0.375. The van der Waals surface area contributed by atoms with Crippen LogP contribution in [-0.4, -0.2) is 58.5 Å². The van der Waals surface area contributed by atoms with Crippen molar-refractivity contribution in [2.75, 3.05) is 24.4 Å². The minimum Gasteiger partial charge on any atom is -0.463 e. The molecule has 2 unspecified atom stereocenters. The van der Waals surface area contributed by atoms with Crippen molar-refractivity contribution in [3.05, 3.63) is 42.2 Å². The van der Waals surface area contributed by atoms with Gasteiger partial charge in [-0.1, -0.05) is 25.2 Å². The van der Waals surface area contributed by atoms with E-state index in [2.05, 4.69) is 42.1 Å². The van der Waals surface area contributed by atoms with E-state index in [0.29, 0.717) is 28.4 Å². The van der Waals surface area contributed by atoms with Gasteiger partial charge in [0.05, 0.1) is 35.4 Å². The highest BCUT2D eigenvalue weighted by Gasteiger charge is 2.38. The summed E-state index contributed by atoms with van der Waals surface area (Å²) in [4.78, 5) is 20.6. The molecule has 0 amide bonds. The van der Waals surface area contributed by atoms with Gasteiger partial charge in [0, 0.05) is 11.8 Å². The van der Waals surface area contributed by atoms with E-state index in [1.807, 2.05) is 0 Å². The number of rotatable bonds is 6. The first-order valence-corrected chi connectivity index (χ1v) is 13.2. The maximum atomic E-state index is 14.5. The van der Waals surface area contributed by atoms with Crippen molar-refractivity contribution in [3.8, 4) is 17.7 Å². The topological polar surface area (TPSA) is 145 Å². The third-order valence-electron chi connectivity index (χ3n) is 5.35. The highest BCUT2D eigenvalue weighted by molar-refractivity contribution is 7.92. The highest BCUT2D eigenvalue weighted by Crippen LogP contribution is 2.30. The Morgan fingerprint density at radius 2 is 2.00 bits per heavy atom. The maximum absolute atomic E-state index is 14.5. The molecule has 3 N–H and O–H groups in total. The third kappa shape index (κ3) is 6.45. The third-order valence-corrected chi connectivity index (χ3v) is 7.36. The van der Waals surface area contributed by atoms with E-state index in [4.69, 9.17) is 10.5 Å². The smallest absolute Gasteiger partial charge is 0.233 e. The first-order chi connectivity index (χ1) is 17.8. The average molecular weight is 530 g/mol. The van der Waals surface area contributed by atoms with Gasteiger partial charge in [0.1, 0.15) is 23.3 Å². The molecular weight excluding hydrogens is 504 g/mol. The predicted octanol–water partition coefficient (Wildman–Crippen LogP) is 3.04. The molecule has 1 aliphatic heterocycles. The van der Waals surface area contributed by atoms with Crippen molar-refractivity contribution in [2.45, 2.75) is 37.5 Å². The van der Waals surface area contributed by atoms with E-state index in [9.17, 15) is 17.2 Å². The minimum atomic E-state index is -3.95. The van der Waals surface area contributed by atoms with Gasteiger partial charge in [0.25, 0.3) is 0 Å². The second kappa shape index (κ2) is 11.4. The van der Waals surface area contributed by atoms with Crippen LogP contribution < -0.4 is 15.8 Å². The van der Waals surface area contributed by atoms with Crippen LogP contribution in [0.4, 0.5) is 20.3 Å². The first-order valence-electron chi connectivity index (χ1n) is 11.5. The molecule has 2 atom stereocenters. The Labute approximate surface area is 212 Å². The van der Waals surface area contributed by atoms with Crippen molar-refractivity contribution >= 4 is 38.2 Å². The Kier molecular flexibility index (Phi) is 8.08. The number of nitrogens with one attached hydrogen (secondary N) is 1. The van der Waals surface area contributed by atoms with Gasteiger partial charge in [-0.25, -0.2) is 32.7 Å². The molecule has 5 rings (SSSR count). The molecule has 4 heterocycles. The van der Waals surface area contributed by atoms with Crippen LogP contribution in [0.5, 0.6) is 5.88 Å². The zero-order valence-electron chi connectivity index (χ0n) is 20.0. The maximum Gasteiger partial charge on any atom is 0.233 e. The Bertz CT molecular complexity index is 1480. The number of halogens is 2. The lowest BCUT2D eigenvalue weighted by Gasteiger charge is -2.24. The second-order valence-electron chi connectivity index (χ2n) is 8.28. The molecule has 0 spiro atoms. The molecular formula is C24H25F2N7O3S. The Hall–Kier alpha value is -3.92. The van der Waals surface area contributed by atoms with Crippen molar-refractivity contribution in [3.63, 3.8) is 0 Å². The number of sulfone groups is 1. The summed E-state index contributed by atoms with van der Waals surface area (Å²) in [5.74, 6) is 4.17. The summed E-state index contributed by atoms with van der Waals surface area (Å²) in [6.45, 7) is 0.677. The summed E-state index contributed by atoms with van der Waals surface area (Å²) < 4.78 is 57.7. The quantitative estimate of drug-likeness (QED) is 0.363. The summed E-state index contributed by atoms with van der Waals surface area (Å²) >= 11 is 0. The molecule has 0 bridgehead atoms. The van der Waals surface area contributed by atoms with Crippen LogP contribution >= 0.6 is 0 Å². The first kappa shape index (κ1) is 26.2. The molecule has 3 aromatic heterocycles. The summed E-state index contributed by atoms with van der Waals surface area (Å²) in [5.41, 5.74) is 6.75. The van der Waals surface area contributed by atoms with Gasteiger partial charge in [-0.2, -0.15) is 4.39 Å². The second-order valence-corrected chi connectivity index (χ2v) is 10.5. The van der Waals surface area contributed by atoms with Crippen LogP contribution in [0.3, 0.4) is 0 Å². The zero-order valence-corrected chi connectivity index (χ0v) is 20.8. The number of pyridine rings is 2. The largest absolute Gasteiger partial charge is 0.463 e. The predicted molar refractivity (Wildman–Crippen MR) is 136 cm³/mol. The Morgan fingerprint density at radius 1 is 1.22 bits per heavy atom. The van der Waals surface area contributed by atoms with Gasteiger partial charge < -0.3 is 15.8 Å². The van der Waals surface area contributed by atoms with Gasteiger partial charge in [-0.15, -0.1) is 5.92 Å². The number of hydrogen-bond donors (Lipinski definition) is 2. The van der Waals surface area contributed by atoms with Crippen molar-refractivity contribution in [1.82, 2.24) is 19.9 Å². The standard InChI is InChI=1S/C21H19F2N7O3S.C3H6/c1-2-3-6-33-17-10-26-18-14(29-17)4-5-25-21(18)28-12-7-13(19(23)27-9-12)15-11-34(31,32)16(8-22)20(24)30-15;1-2-3-1/h4-5,7,9-10,15-16H,6,8,11H2,1H3,(H2,24,30)(H,25,28);1-3H2. The van der Waals surface area contributed by atoms with Gasteiger partial charge in [0.15, 0.2) is 22.3 Å². The minimum absolute atomic E-state index is 0.104. The van der Waals surface area contributed by atoms with Gasteiger partial charge in [-0.05, 0) is 19.1 Å². The number of hydrogen-bond acceptors (Lipinski definition) is 10. The molecule has 0 radical (unpaired) electrons. The van der Waals surface area contributed by atoms with E-state index in [0.717, 1.165) is 0 Å². The normalized spacial score (nSPS) is 19.5. The van der Waals surface area contributed by atoms with Gasteiger partial charge >= 0.3 is 0 Å². The Morgan fingerprint density at radius 3 is 2.68 bits per heavy atom. The van der Waals surface area contributed by atoms with Crippen LogP contribution in [0.25, 0.3) is 11.0 Å². The summed E-state index contributed by atoms with van der Waals surface area (Å²) in [6, 6.07) is 1.84. The molecule has 13 heteroatoms. The molecule has 3 aromatic rings. The van der Waals surface area contributed by atoms with Gasteiger partial charge in [-0.3, -0.25) is 4.99 Å². The van der Waals surface area contributed by atoms with E-state index < -0.39 is 45.3 Å².